The van der Waals surface area contributed by atoms with Crippen LogP contribution in [0, 0.1) is 12.7 Å². The van der Waals surface area contributed by atoms with Crippen LogP contribution in [0.1, 0.15) is 23.7 Å². The van der Waals surface area contributed by atoms with Crippen molar-refractivity contribution >= 4 is 11.7 Å². The molecule has 38 heavy (non-hydrogen) atoms. The molecular weight excluding hydrogens is 485 g/mol. The van der Waals surface area contributed by atoms with E-state index in [1.54, 1.807) is 18.1 Å². The summed E-state index contributed by atoms with van der Waals surface area (Å²) in [5.74, 6) is 0.480. The number of rotatable bonds is 12. The van der Waals surface area contributed by atoms with E-state index in [2.05, 4.69) is 16.7 Å². The highest BCUT2D eigenvalue weighted by atomic mass is 19.1. The van der Waals surface area contributed by atoms with Crippen LogP contribution in [0.25, 0.3) is 5.69 Å². The summed E-state index contributed by atoms with van der Waals surface area (Å²) in [4.78, 5) is 19.8. The van der Waals surface area contributed by atoms with Crippen molar-refractivity contribution in [2.75, 3.05) is 64.5 Å². The maximum absolute atomic E-state index is 14.2. The maximum Gasteiger partial charge on any atom is 0.248 e. The number of carbonyl (C=O) groups is 1. The van der Waals surface area contributed by atoms with E-state index < -0.39 is 0 Å². The normalized spacial score (nSPS) is 14.2. The molecule has 0 unspecified atom stereocenters. The molecule has 9 heteroatoms. The zero-order valence-corrected chi connectivity index (χ0v) is 22.6. The molecule has 8 nitrogen and oxygen atoms in total. The molecule has 1 fully saturated rings. The van der Waals surface area contributed by atoms with Crippen LogP contribution in [0.15, 0.2) is 54.6 Å². The fourth-order valence-electron chi connectivity index (χ4n) is 4.73. The molecule has 0 N–H and O–H groups in total. The standard InChI is InChI=1S/C29H38FN5O3/c1-4-32-13-15-33(16-14-32)29-27(23(2)31-35(29)26-12-8-11-25(30)19-26)20-34(17-18-37-3)28(36)22-38-21-24-9-6-5-7-10-24/h5-12,19H,4,13-18,20-22H2,1-3H3. The number of methoxy groups -OCH3 is 1. The van der Waals surface area contributed by atoms with Crippen molar-refractivity contribution in [2.24, 2.45) is 0 Å². The molecule has 2 heterocycles. The Balaban J connectivity index is 1.59. The van der Waals surface area contributed by atoms with E-state index in [1.807, 2.05) is 48.0 Å². The van der Waals surface area contributed by atoms with Gasteiger partial charge < -0.3 is 24.2 Å². The number of piperazine rings is 1. The third-order valence-corrected chi connectivity index (χ3v) is 6.93. The van der Waals surface area contributed by atoms with Gasteiger partial charge in [-0.2, -0.15) is 5.10 Å². The Hall–Kier alpha value is -3.27. The molecule has 3 aromatic rings. The Morgan fingerprint density at radius 3 is 2.53 bits per heavy atom. The van der Waals surface area contributed by atoms with Gasteiger partial charge in [-0.3, -0.25) is 4.79 Å². The molecule has 1 aliphatic heterocycles. The second-order valence-electron chi connectivity index (χ2n) is 9.49. The maximum atomic E-state index is 14.2. The highest BCUT2D eigenvalue weighted by molar-refractivity contribution is 5.77. The number of amides is 1. The molecular formula is C29H38FN5O3. The van der Waals surface area contributed by atoms with Gasteiger partial charge in [0.2, 0.25) is 5.91 Å². The predicted octanol–water partition coefficient (Wildman–Crippen LogP) is 3.65. The van der Waals surface area contributed by atoms with Crippen LogP contribution in [0.3, 0.4) is 0 Å². The minimum Gasteiger partial charge on any atom is -0.383 e. The number of benzene rings is 2. The molecule has 1 saturated heterocycles. The van der Waals surface area contributed by atoms with E-state index in [1.165, 1.54) is 12.1 Å². The van der Waals surface area contributed by atoms with Crippen molar-refractivity contribution in [3.63, 3.8) is 0 Å². The number of likely N-dealkylation sites (N-methyl/N-ethyl adjacent to an activating group) is 1. The van der Waals surface area contributed by atoms with E-state index in [4.69, 9.17) is 14.6 Å². The van der Waals surface area contributed by atoms with Crippen molar-refractivity contribution in [3.05, 3.63) is 77.2 Å². The lowest BCUT2D eigenvalue weighted by atomic mass is 10.2. The Morgan fingerprint density at radius 2 is 1.84 bits per heavy atom. The Kier molecular flexibility index (Phi) is 9.86. The first-order valence-electron chi connectivity index (χ1n) is 13.2. The van der Waals surface area contributed by atoms with Crippen LogP contribution < -0.4 is 4.90 Å². The molecule has 0 spiro atoms. The van der Waals surface area contributed by atoms with Gasteiger partial charge >= 0.3 is 0 Å². The van der Waals surface area contributed by atoms with Crippen molar-refractivity contribution < 1.29 is 18.7 Å². The van der Waals surface area contributed by atoms with Crippen LogP contribution >= 0.6 is 0 Å². The van der Waals surface area contributed by atoms with Gasteiger partial charge in [-0.05, 0) is 37.2 Å². The molecule has 1 aliphatic rings. The van der Waals surface area contributed by atoms with E-state index in [0.29, 0.717) is 32.0 Å². The number of hydrogen-bond acceptors (Lipinski definition) is 6. The van der Waals surface area contributed by atoms with Crippen molar-refractivity contribution in [3.8, 4) is 5.69 Å². The zero-order chi connectivity index (χ0) is 26.9. The summed E-state index contributed by atoms with van der Waals surface area (Å²) in [6, 6.07) is 16.3. The summed E-state index contributed by atoms with van der Waals surface area (Å²) in [7, 11) is 1.63. The second-order valence-corrected chi connectivity index (χ2v) is 9.49. The summed E-state index contributed by atoms with van der Waals surface area (Å²) in [5.41, 5.74) is 3.44. The van der Waals surface area contributed by atoms with Gasteiger partial charge in [0.05, 0.1) is 31.1 Å². The van der Waals surface area contributed by atoms with Gasteiger partial charge in [0.25, 0.3) is 0 Å². The topological polar surface area (TPSA) is 63.1 Å². The number of aryl methyl sites for hydroxylation is 1. The smallest absolute Gasteiger partial charge is 0.248 e. The van der Waals surface area contributed by atoms with Crippen LogP contribution in [-0.2, 0) is 27.4 Å². The number of carbonyl (C=O) groups excluding carboxylic acids is 1. The lowest BCUT2D eigenvalue weighted by molar-refractivity contribution is -0.137. The quantitative estimate of drug-likeness (QED) is 0.361. The largest absolute Gasteiger partial charge is 0.383 e. The Morgan fingerprint density at radius 1 is 1.08 bits per heavy atom. The van der Waals surface area contributed by atoms with E-state index in [9.17, 15) is 9.18 Å². The van der Waals surface area contributed by atoms with Gasteiger partial charge in [-0.1, -0.05) is 43.3 Å². The molecule has 2 aromatic carbocycles. The SMILES string of the molecule is CCN1CCN(c2c(CN(CCOC)C(=O)COCc3ccccc3)c(C)nn2-c2cccc(F)c2)CC1. The average Bonchev–Trinajstić information content (AvgIpc) is 3.27. The van der Waals surface area contributed by atoms with Gasteiger partial charge in [0.15, 0.2) is 0 Å². The van der Waals surface area contributed by atoms with Gasteiger partial charge in [0, 0.05) is 45.4 Å². The zero-order valence-electron chi connectivity index (χ0n) is 22.6. The van der Waals surface area contributed by atoms with Gasteiger partial charge in [0.1, 0.15) is 18.2 Å². The summed E-state index contributed by atoms with van der Waals surface area (Å²) < 4.78 is 27.1. The van der Waals surface area contributed by atoms with Crippen molar-refractivity contribution in [1.29, 1.82) is 0 Å². The van der Waals surface area contributed by atoms with E-state index >= 15 is 0 Å². The lowest BCUT2D eigenvalue weighted by Crippen LogP contribution is -2.47. The summed E-state index contributed by atoms with van der Waals surface area (Å²) >= 11 is 0. The van der Waals surface area contributed by atoms with Crippen molar-refractivity contribution in [2.45, 2.75) is 27.0 Å². The number of halogens is 1. The average molecular weight is 524 g/mol. The Labute approximate surface area is 224 Å². The van der Waals surface area contributed by atoms with Gasteiger partial charge in [-0.25, -0.2) is 9.07 Å². The summed E-state index contributed by atoms with van der Waals surface area (Å²) in [6.45, 7) is 10.2. The molecule has 0 bridgehead atoms. The first-order chi connectivity index (χ1) is 18.5. The minimum absolute atomic E-state index is 0.0276. The van der Waals surface area contributed by atoms with Crippen LogP contribution in [0.2, 0.25) is 0 Å². The lowest BCUT2D eigenvalue weighted by Gasteiger charge is -2.36. The summed E-state index contributed by atoms with van der Waals surface area (Å²) in [5, 5.41) is 4.83. The summed E-state index contributed by atoms with van der Waals surface area (Å²) in [6.07, 6.45) is 0. The Bertz CT molecular complexity index is 1180. The fraction of sp³-hybridized carbons (Fsp3) is 0.448. The van der Waals surface area contributed by atoms with E-state index in [-0.39, 0.29) is 18.3 Å². The van der Waals surface area contributed by atoms with Gasteiger partial charge in [-0.15, -0.1) is 0 Å². The number of nitrogens with zero attached hydrogens (tertiary/aromatic N) is 5. The fourth-order valence-corrected chi connectivity index (χ4v) is 4.73. The van der Waals surface area contributed by atoms with Crippen LogP contribution in [0.5, 0.6) is 0 Å². The molecule has 204 valence electrons. The highest BCUT2D eigenvalue weighted by Gasteiger charge is 2.27. The molecule has 1 amide bonds. The highest BCUT2D eigenvalue weighted by Crippen LogP contribution is 2.30. The molecule has 0 saturated carbocycles. The van der Waals surface area contributed by atoms with Crippen LogP contribution in [-0.4, -0.2) is 85.1 Å². The molecule has 1 aromatic heterocycles. The predicted molar refractivity (Wildman–Crippen MR) is 146 cm³/mol. The molecule has 0 atom stereocenters. The molecule has 0 radical (unpaired) electrons. The number of aromatic nitrogens is 2. The number of hydrogen-bond donors (Lipinski definition) is 0. The molecule has 0 aliphatic carbocycles. The second kappa shape index (κ2) is 13.5. The van der Waals surface area contributed by atoms with Crippen molar-refractivity contribution in [1.82, 2.24) is 19.6 Å². The first kappa shape index (κ1) is 27.8. The number of ether oxygens (including phenoxy) is 2. The van der Waals surface area contributed by atoms with Crippen LogP contribution in [0.4, 0.5) is 10.2 Å². The monoisotopic (exact) mass is 523 g/mol. The number of anilines is 1. The van der Waals surface area contributed by atoms with E-state index in [0.717, 1.165) is 55.4 Å². The third kappa shape index (κ3) is 6.98. The first-order valence-corrected chi connectivity index (χ1v) is 13.2. The molecule has 4 rings (SSSR count). The minimum atomic E-state index is -0.314. The third-order valence-electron chi connectivity index (χ3n) is 6.93.